The van der Waals surface area contributed by atoms with Crippen molar-refractivity contribution in [2.45, 2.75) is 94.9 Å². The lowest BCUT2D eigenvalue weighted by atomic mass is 9.79. The average molecular weight is 541 g/mol. The molecule has 1 aliphatic carbocycles. The lowest BCUT2D eigenvalue weighted by Crippen LogP contribution is -2.65. The lowest BCUT2D eigenvalue weighted by Gasteiger charge is -2.44. The van der Waals surface area contributed by atoms with Crippen LogP contribution in [0.1, 0.15) is 77.2 Å². The molecule has 0 N–H and O–H groups in total. The highest BCUT2D eigenvalue weighted by atomic mass is 32.2. The van der Waals surface area contributed by atoms with Crippen molar-refractivity contribution in [2.24, 2.45) is 0 Å². The van der Waals surface area contributed by atoms with Gasteiger partial charge in [-0.05, 0) is 64.4 Å². The summed E-state index contributed by atoms with van der Waals surface area (Å²) in [5, 5.41) is 12.5. The first-order chi connectivity index (χ1) is 17.3. The molecule has 2 fully saturated rings. The number of hydrogen-bond donors (Lipinski definition) is 0. The SMILES string of the molecule is CC(C)(C)OC(=O)N1CCCC(CCOS(C)(=O)=O)([N+](=O)[O-])C1COC1CCC(c2ccccc2)CC1. The Kier molecular flexibility index (Phi) is 9.57. The predicted molar refractivity (Wildman–Crippen MR) is 138 cm³/mol. The Morgan fingerprint density at radius 2 is 1.81 bits per heavy atom. The summed E-state index contributed by atoms with van der Waals surface area (Å²) in [7, 11) is -3.77. The Labute approximate surface area is 219 Å². The molecule has 37 heavy (non-hydrogen) atoms. The zero-order chi connectivity index (χ0) is 27.3. The fraction of sp³-hybridized carbons (Fsp3) is 0.731. The van der Waals surface area contributed by atoms with Gasteiger partial charge in [0.15, 0.2) is 0 Å². The van der Waals surface area contributed by atoms with E-state index < -0.39 is 38.3 Å². The van der Waals surface area contributed by atoms with E-state index in [4.69, 9.17) is 13.7 Å². The molecule has 2 atom stereocenters. The Balaban J connectivity index is 1.76. The Hall–Kier alpha value is -2.24. The van der Waals surface area contributed by atoms with Crippen LogP contribution in [0, 0.1) is 10.1 Å². The normalized spacial score (nSPS) is 27.0. The maximum atomic E-state index is 13.1. The molecule has 11 heteroatoms. The van der Waals surface area contributed by atoms with E-state index >= 15 is 0 Å². The highest BCUT2D eigenvalue weighted by Crippen LogP contribution is 2.38. The second-order valence-electron chi connectivity index (χ2n) is 11.1. The molecule has 0 radical (unpaired) electrons. The van der Waals surface area contributed by atoms with Crippen LogP contribution in [0.25, 0.3) is 0 Å². The van der Waals surface area contributed by atoms with Crippen LogP contribution in [-0.2, 0) is 23.8 Å². The summed E-state index contributed by atoms with van der Waals surface area (Å²) < 4.78 is 39.7. The molecule has 3 rings (SSSR count). The van der Waals surface area contributed by atoms with Gasteiger partial charge in [0.2, 0.25) is 5.54 Å². The van der Waals surface area contributed by atoms with Gasteiger partial charge in [0.1, 0.15) is 11.6 Å². The maximum Gasteiger partial charge on any atom is 0.410 e. The summed E-state index contributed by atoms with van der Waals surface area (Å²) in [4.78, 5) is 26.6. The molecule has 208 valence electrons. The highest BCUT2D eigenvalue weighted by molar-refractivity contribution is 7.85. The minimum Gasteiger partial charge on any atom is -0.444 e. The number of piperidine rings is 1. The van der Waals surface area contributed by atoms with Crippen molar-refractivity contribution in [3.63, 3.8) is 0 Å². The average Bonchev–Trinajstić information content (AvgIpc) is 2.82. The van der Waals surface area contributed by atoms with E-state index in [9.17, 15) is 23.3 Å². The molecule has 1 aromatic carbocycles. The monoisotopic (exact) mass is 540 g/mol. The van der Waals surface area contributed by atoms with E-state index in [1.165, 1.54) is 10.5 Å². The number of carbonyl (C=O) groups excluding carboxylic acids is 1. The number of carbonyl (C=O) groups is 1. The molecule has 0 spiro atoms. The van der Waals surface area contributed by atoms with Crippen LogP contribution in [0.2, 0.25) is 0 Å². The molecule has 0 aromatic heterocycles. The summed E-state index contributed by atoms with van der Waals surface area (Å²) in [6, 6.07) is 9.43. The minimum absolute atomic E-state index is 0.0280. The quantitative estimate of drug-likeness (QED) is 0.254. The molecule has 1 saturated carbocycles. The molecule has 1 amide bonds. The zero-order valence-electron chi connectivity index (χ0n) is 22.3. The minimum atomic E-state index is -3.77. The van der Waals surface area contributed by atoms with E-state index in [-0.39, 0.29) is 32.2 Å². The molecule has 1 aromatic rings. The molecule has 2 unspecified atom stereocenters. The van der Waals surface area contributed by atoms with Crippen molar-refractivity contribution in [2.75, 3.05) is 26.0 Å². The summed E-state index contributed by atoms with van der Waals surface area (Å²) >= 11 is 0. The fourth-order valence-electron chi connectivity index (χ4n) is 5.43. The molecule has 0 bridgehead atoms. The summed E-state index contributed by atoms with van der Waals surface area (Å²) in [5.74, 6) is 0.458. The van der Waals surface area contributed by atoms with Crippen molar-refractivity contribution < 1.29 is 31.8 Å². The number of hydrogen-bond acceptors (Lipinski definition) is 8. The summed E-state index contributed by atoms with van der Waals surface area (Å²) in [5.41, 5.74) is -1.07. The first-order valence-corrected chi connectivity index (χ1v) is 14.8. The van der Waals surface area contributed by atoms with E-state index in [0.717, 1.165) is 31.9 Å². The number of nitrogens with zero attached hydrogens (tertiary/aromatic N) is 2. The van der Waals surface area contributed by atoms with Crippen LogP contribution < -0.4 is 0 Å². The largest absolute Gasteiger partial charge is 0.444 e. The van der Waals surface area contributed by atoms with Gasteiger partial charge in [-0.1, -0.05) is 30.3 Å². The fourth-order valence-corrected chi connectivity index (χ4v) is 5.82. The lowest BCUT2D eigenvalue weighted by molar-refractivity contribution is -0.585. The van der Waals surface area contributed by atoms with Crippen molar-refractivity contribution in [1.82, 2.24) is 4.90 Å². The molecule has 1 heterocycles. The van der Waals surface area contributed by atoms with E-state index in [1.54, 1.807) is 20.8 Å². The Morgan fingerprint density at radius 3 is 2.38 bits per heavy atom. The van der Waals surface area contributed by atoms with Crippen molar-refractivity contribution in [1.29, 1.82) is 0 Å². The van der Waals surface area contributed by atoms with Gasteiger partial charge in [0.25, 0.3) is 10.1 Å². The van der Waals surface area contributed by atoms with Gasteiger partial charge in [-0.3, -0.25) is 19.2 Å². The summed E-state index contributed by atoms with van der Waals surface area (Å²) in [6.07, 6.45) is 4.16. The van der Waals surface area contributed by atoms with E-state index in [2.05, 4.69) is 12.1 Å². The van der Waals surface area contributed by atoms with Gasteiger partial charge < -0.3 is 9.47 Å². The van der Waals surface area contributed by atoms with Crippen molar-refractivity contribution >= 4 is 16.2 Å². The number of ether oxygens (including phenoxy) is 2. The van der Waals surface area contributed by atoms with Crippen molar-refractivity contribution in [3.8, 4) is 0 Å². The second kappa shape index (κ2) is 12.1. The third kappa shape index (κ3) is 8.12. The van der Waals surface area contributed by atoms with E-state index in [1.807, 2.05) is 18.2 Å². The van der Waals surface area contributed by atoms with Crippen LogP contribution in [0.15, 0.2) is 30.3 Å². The van der Waals surface area contributed by atoms with Gasteiger partial charge in [-0.2, -0.15) is 8.42 Å². The van der Waals surface area contributed by atoms with Gasteiger partial charge in [0, 0.05) is 24.3 Å². The smallest absolute Gasteiger partial charge is 0.410 e. The van der Waals surface area contributed by atoms with Crippen LogP contribution in [0.5, 0.6) is 0 Å². The Morgan fingerprint density at radius 1 is 1.16 bits per heavy atom. The molecular weight excluding hydrogens is 500 g/mol. The third-order valence-electron chi connectivity index (χ3n) is 7.26. The molecule has 10 nitrogen and oxygen atoms in total. The zero-order valence-corrected chi connectivity index (χ0v) is 23.1. The third-order valence-corrected chi connectivity index (χ3v) is 7.86. The van der Waals surface area contributed by atoms with Crippen molar-refractivity contribution in [3.05, 3.63) is 46.0 Å². The number of benzene rings is 1. The first kappa shape index (κ1) is 29.3. The molecular formula is C26H40N2O8S. The van der Waals surface area contributed by atoms with Crippen LogP contribution in [0.4, 0.5) is 4.79 Å². The number of nitro groups is 1. The second-order valence-corrected chi connectivity index (χ2v) is 12.8. The van der Waals surface area contributed by atoms with Crippen LogP contribution in [0.3, 0.4) is 0 Å². The number of rotatable bonds is 9. The predicted octanol–water partition coefficient (Wildman–Crippen LogP) is 4.51. The molecule has 1 aliphatic heterocycles. The first-order valence-electron chi connectivity index (χ1n) is 13.0. The number of likely N-dealkylation sites (tertiary alicyclic amines) is 1. The topological polar surface area (TPSA) is 125 Å². The molecule has 1 saturated heterocycles. The van der Waals surface area contributed by atoms with Gasteiger partial charge in [-0.25, -0.2) is 4.79 Å². The summed E-state index contributed by atoms with van der Waals surface area (Å²) in [6.45, 7) is 5.15. The maximum absolute atomic E-state index is 13.1. The highest BCUT2D eigenvalue weighted by Gasteiger charge is 2.56. The van der Waals surface area contributed by atoms with Gasteiger partial charge in [0.05, 0.1) is 25.6 Å². The van der Waals surface area contributed by atoms with Crippen LogP contribution in [-0.4, -0.2) is 73.6 Å². The number of amides is 1. The Bertz CT molecular complexity index is 1020. The van der Waals surface area contributed by atoms with Gasteiger partial charge >= 0.3 is 6.09 Å². The standard InChI is InChI=1S/C26H40N2O8S/c1-25(2,3)36-24(29)27-17-8-15-26(28(30)31,16-18-35-37(4,32)33)23(27)19-34-22-13-11-21(12-14-22)20-9-6-5-7-10-20/h5-7,9-10,21-23H,8,11-19H2,1-4H3. The van der Waals surface area contributed by atoms with E-state index in [0.29, 0.717) is 18.9 Å². The molecule has 2 aliphatic rings. The van der Waals surface area contributed by atoms with Gasteiger partial charge in [-0.15, -0.1) is 0 Å². The van der Waals surface area contributed by atoms with Crippen LogP contribution >= 0.6 is 0 Å².